The molecule has 2 unspecified atom stereocenters. The van der Waals surface area contributed by atoms with Crippen LogP contribution in [0.4, 0.5) is 10.5 Å². The molecule has 0 saturated carbocycles. The summed E-state index contributed by atoms with van der Waals surface area (Å²) in [6, 6.07) is 10.5. The number of nitrogens with two attached hydrogens (primary N) is 1. The zero-order valence-corrected chi connectivity index (χ0v) is 14.8. The Morgan fingerprint density at radius 1 is 1.23 bits per heavy atom. The maximum absolute atomic E-state index is 11.9. The van der Waals surface area contributed by atoms with E-state index in [4.69, 9.17) is 20.6 Å². The van der Waals surface area contributed by atoms with Crippen molar-refractivity contribution in [1.29, 1.82) is 5.41 Å². The minimum absolute atomic E-state index is 0.123. The lowest BCUT2D eigenvalue weighted by Crippen LogP contribution is -2.29. The molecular weight excluding hydrogens is 332 g/mol. The Balaban J connectivity index is 2.03. The molecule has 2 aromatic rings. The highest BCUT2D eigenvalue weighted by atomic mass is 16.6. The van der Waals surface area contributed by atoms with E-state index in [2.05, 4.69) is 10.3 Å². The summed E-state index contributed by atoms with van der Waals surface area (Å²) in [5, 5.41) is 11.2. The van der Waals surface area contributed by atoms with Crippen LogP contribution in [0.5, 0.6) is 5.75 Å². The van der Waals surface area contributed by atoms with Crippen LogP contribution in [0.2, 0.25) is 0 Å². The van der Waals surface area contributed by atoms with E-state index in [0.29, 0.717) is 41.4 Å². The topological polar surface area (TPSA) is 110 Å². The molecule has 7 nitrogen and oxygen atoms in total. The number of ether oxygens (including phenoxy) is 2. The van der Waals surface area contributed by atoms with E-state index < -0.39 is 12.2 Å². The molecule has 0 aliphatic carbocycles. The standard InChI is InChI=1S/C19H22N4O3/c1-11-8-9-22-19(24)26-12(2)16-4-3-5-17(23-16)18(21)14-10-13(25-11)6-7-15(14)20/h3-7,10-12,21H,8-9,20H2,1-2H3,(H,22,24). The number of aromatic nitrogens is 1. The maximum Gasteiger partial charge on any atom is 0.407 e. The molecule has 26 heavy (non-hydrogen) atoms. The lowest BCUT2D eigenvalue weighted by molar-refractivity contribution is 0.104. The molecule has 4 N–H and O–H groups in total. The molecule has 1 aromatic carbocycles. The summed E-state index contributed by atoms with van der Waals surface area (Å²) in [6.07, 6.45) is -0.549. The Hall–Kier alpha value is -3.09. The van der Waals surface area contributed by atoms with Gasteiger partial charge in [0.1, 0.15) is 11.9 Å². The predicted molar refractivity (Wildman–Crippen MR) is 98.6 cm³/mol. The van der Waals surface area contributed by atoms with Crippen LogP contribution in [-0.2, 0) is 4.74 Å². The van der Waals surface area contributed by atoms with Crippen molar-refractivity contribution in [3.8, 4) is 5.75 Å². The van der Waals surface area contributed by atoms with E-state index in [-0.39, 0.29) is 11.8 Å². The quantitative estimate of drug-likeness (QED) is 0.630. The van der Waals surface area contributed by atoms with Crippen molar-refractivity contribution in [3.63, 3.8) is 0 Å². The second kappa shape index (κ2) is 7.43. The Bertz CT molecular complexity index is 837. The van der Waals surface area contributed by atoms with Crippen LogP contribution in [0, 0.1) is 5.41 Å². The van der Waals surface area contributed by atoms with Crippen LogP contribution in [0.15, 0.2) is 36.4 Å². The smallest absolute Gasteiger partial charge is 0.407 e. The van der Waals surface area contributed by atoms with E-state index in [1.165, 1.54) is 0 Å². The first-order chi connectivity index (χ1) is 12.4. The van der Waals surface area contributed by atoms with Gasteiger partial charge in [-0.25, -0.2) is 9.78 Å². The molecule has 4 bridgehead atoms. The van der Waals surface area contributed by atoms with Gasteiger partial charge in [0.25, 0.3) is 0 Å². The second-order valence-electron chi connectivity index (χ2n) is 6.26. The number of carbonyl (C=O) groups is 1. The van der Waals surface area contributed by atoms with Gasteiger partial charge in [-0.3, -0.25) is 5.41 Å². The fraction of sp³-hybridized carbons (Fsp3) is 0.316. The number of hydrogen-bond acceptors (Lipinski definition) is 6. The first kappa shape index (κ1) is 17.7. The van der Waals surface area contributed by atoms with E-state index >= 15 is 0 Å². The fourth-order valence-electron chi connectivity index (χ4n) is 2.71. The first-order valence-electron chi connectivity index (χ1n) is 8.51. The number of nitrogens with one attached hydrogen (secondary N) is 2. The number of alkyl carbamates (subject to hydrolysis) is 1. The highest BCUT2D eigenvalue weighted by molar-refractivity contribution is 6.12. The van der Waals surface area contributed by atoms with Crippen molar-refractivity contribution in [1.82, 2.24) is 10.3 Å². The van der Waals surface area contributed by atoms with E-state index in [9.17, 15) is 4.79 Å². The number of nitrogen functional groups attached to an aromatic ring is 1. The Morgan fingerprint density at radius 3 is 2.85 bits per heavy atom. The van der Waals surface area contributed by atoms with Crippen LogP contribution >= 0.6 is 0 Å². The van der Waals surface area contributed by atoms with Crippen LogP contribution in [0.3, 0.4) is 0 Å². The molecule has 7 heteroatoms. The van der Waals surface area contributed by atoms with Crippen molar-refractivity contribution in [2.45, 2.75) is 32.5 Å². The van der Waals surface area contributed by atoms with Crippen molar-refractivity contribution in [2.75, 3.05) is 12.3 Å². The van der Waals surface area contributed by atoms with Gasteiger partial charge in [0.2, 0.25) is 0 Å². The van der Waals surface area contributed by atoms with E-state index in [0.717, 1.165) is 0 Å². The number of amides is 1. The first-order valence-corrected chi connectivity index (χ1v) is 8.51. The molecule has 2 heterocycles. The highest BCUT2D eigenvalue weighted by Crippen LogP contribution is 2.24. The van der Waals surface area contributed by atoms with Crippen molar-refractivity contribution >= 4 is 17.5 Å². The SMILES string of the molecule is CC1CCNC(=O)OC(C)c2cccc(n2)C(=N)c2cc(ccc2N)O1. The number of hydrogen-bond donors (Lipinski definition) is 3. The van der Waals surface area contributed by atoms with Gasteiger partial charge in [-0.2, -0.15) is 0 Å². The zero-order valence-electron chi connectivity index (χ0n) is 14.8. The van der Waals surface area contributed by atoms with Gasteiger partial charge in [0, 0.05) is 24.2 Å². The van der Waals surface area contributed by atoms with Crippen LogP contribution in [0.25, 0.3) is 0 Å². The molecule has 1 amide bonds. The normalized spacial score (nSPS) is 20.8. The minimum atomic E-state index is -0.537. The Labute approximate surface area is 152 Å². The molecule has 136 valence electrons. The molecule has 0 saturated heterocycles. The zero-order chi connectivity index (χ0) is 18.7. The third-order valence-corrected chi connectivity index (χ3v) is 4.18. The second-order valence-corrected chi connectivity index (χ2v) is 6.26. The van der Waals surface area contributed by atoms with E-state index in [1.54, 1.807) is 43.3 Å². The van der Waals surface area contributed by atoms with Gasteiger partial charge < -0.3 is 20.5 Å². The molecule has 0 spiro atoms. The molecule has 1 aromatic heterocycles. The van der Waals surface area contributed by atoms with Gasteiger partial charge in [-0.05, 0) is 44.2 Å². The number of benzene rings is 1. The average Bonchev–Trinajstić information content (AvgIpc) is 2.62. The molecule has 3 rings (SSSR count). The monoisotopic (exact) mass is 354 g/mol. The largest absolute Gasteiger partial charge is 0.491 e. The third kappa shape index (κ3) is 3.93. The molecule has 0 fully saturated rings. The molecule has 2 atom stereocenters. The summed E-state index contributed by atoms with van der Waals surface area (Å²) >= 11 is 0. The number of anilines is 1. The van der Waals surface area contributed by atoms with Crippen molar-refractivity contribution in [3.05, 3.63) is 53.3 Å². The summed E-state index contributed by atoms with van der Waals surface area (Å²) in [5.41, 5.74) is 8.30. The molecular formula is C19H22N4O3. The van der Waals surface area contributed by atoms with Gasteiger partial charge in [-0.15, -0.1) is 0 Å². The number of cyclic esters (lactones) is 1. The van der Waals surface area contributed by atoms with Crippen molar-refractivity contribution in [2.24, 2.45) is 0 Å². The predicted octanol–water partition coefficient (Wildman–Crippen LogP) is 3.04. The summed E-state index contributed by atoms with van der Waals surface area (Å²) in [5.74, 6) is 0.619. The van der Waals surface area contributed by atoms with Crippen LogP contribution in [0.1, 0.15) is 43.3 Å². The summed E-state index contributed by atoms with van der Waals surface area (Å²) in [7, 11) is 0. The number of nitrogens with zero attached hydrogens (tertiary/aromatic N) is 1. The summed E-state index contributed by atoms with van der Waals surface area (Å²) in [4.78, 5) is 16.4. The van der Waals surface area contributed by atoms with Gasteiger partial charge >= 0.3 is 6.09 Å². The Morgan fingerprint density at radius 2 is 2.04 bits per heavy atom. The lowest BCUT2D eigenvalue weighted by atomic mass is 10.0. The fourth-order valence-corrected chi connectivity index (χ4v) is 2.71. The summed E-state index contributed by atoms with van der Waals surface area (Å²) < 4.78 is 11.2. The van der Waals surface area contributed by atoms with E-state index in [1.807, 2.05) is 6.92 Å². The van der Waals surface area contributed by atoms with Gasteiger partial charge in [0.05, 0.1) is 23.2 Å². The van der Waals surface area contributed by atoms with Crippen molar-refractivity contribution < 1.29 is 14.3 Å². The number of carbonyl (C=O) groups excluding carboxylic acids is 1. The average molecular weight is 354 g/mol. The number of fused-ring (bicyclic) bond motifs is 4. The molecule has 0 radical (unpaired) electrons. The van der Waals surface area contributed by atoms with Crippen LogP contribution < -0.4 is 15.8 Å². The maximum atomic E-state index is 11.9. The Kier molecular flexibility index (Phi) is 5.06. The van der Waals surface area contributed by atoms with Gasteiger partial charge in [0.15, 0.2) is 0 Å². The third-order valence-electron chi connectivity index (χ3n) is 4.18. The van der Waals surface area contributed by atoms with Gasteiger partial charge in [-0.1, -0.05) is 6.07 Å². The minimum Gasteiger partial charge on any atom is -0.491 e. The van der Waals surface area contributed by atoms with Crippen LogP contribution in [-0.4, -0.2) is 29.4 Å². The molecule has 1 aliphatic heterocycles. The highest BCUT2D eigenvalue weighted by Gasteiger charge is 2.18. The lowest BCUT2D eigenvalue weighted by Gasteiger charge is -2.16. The summed E-state index contributed by atoms with van der Waals surface area (Å²) in [6.45, 7) is 4.09. The number of rotatable bonds is 0. The molecule has 1 aliphatic rings. The number of pyridine rings is 1.